The van der Waals surface area contributed by atoms with Crippen LogP contribution in [0.5, 0.6) is 0 Å². The second-order valence-corrected chi connectivity index (χ2v) is 7.14. The van der Waals surface area contributed by atoms with Gasteiger partial charge in [-0.05, 0) is 44.5 Å². The summed E-state index contributed by atoms with van der Waals surface area (Å²) in [4.78, 5) is 18.2. The lowest BCUT2D eigenvalue weighted by atomic mass is 10.2. The van der Waals surface area contributed by atoms with Gasteiger partial charge in [-0.1, -0.05) is 30.5 Å². The lowest BCUT2D eigenvalue weighted by Crippen LogP contribution is -2.30. The number of halogens is 1. The molecule has 0 saturated heterocycles. The molecule has 1 aromatic heterocycles. The highest BCUT2D eigenvalue weighted by molar-refractivity contribution is 6.31. The van der Waals surface area contributed by atoms with Crippen LogP contribution in [0.1, 0.15) is 42.9 Å². The Bertz CT molecular complexity index is 767. The average Bonchev–Trinajstić information content (AvgIpc) is 3.20. The number of nitrogens with zero attached hydrogens (tertiary/aromatic N) is 4. The molecular weight excluding hydrogens is 338 g/mol. The average molecular weight is 362 g/mol. The van der Waals surface area contributed by atoms with Gasteiger partial charge in [0.05, 0.1) is 18.7 Å². The summed E-state index contributed by atoms with van der Waals surface area (Å²) in [6.07, 6.45) is 5.03. The van der Waals surface area contributed by atoms with Gasteiger partial charge in [-0.15, -0.1) is 0 Å². The highest BCUT2D eigenvalue weighted by Crippen LogP contribution is 2.26. The molecule has 0 atom stereocenters. The number of rotatable bonds is 6. The van der Waals surface area contributed by atoms with Crippen LogP contribution < -0.4 is 5.73 Å². The number of primary amides is 1. The maximum absolute atomic E-state index is 11.3. The standard InChI is InChI=1S/C18H24ClN5O/c1-12-14(19)8-5-9-15(12)24-18(21-17(22-24)10-16(20)25)11-23(2)13-6-3-4-7-13/h5,8-9,13H,3-4,6-7,10-11H2,1-2H3,(H2,20,25). The summed E-state index contributed by atoms with van der Waals surface area (Å²) in [5.74, 6) is 0.813. The normalized spacial score (nSPS) is 15.2. The van der Waals surface area contributed by atoms with Gasteiger partial charge in [0, 0.05) is 11.1 Å². The van der Waals surface area contributed by atoms with Crippen molar-refractivity contribution in [1.82, 2.24) is 19.7 Å². The summed E-state index contributed by atoms with van der Waals surface area (Å²) in [5.41, 5.74) is 7.13. The molecule has 0 radical (unpaired) electrons. The van der Waals surface area contributed by atoms with Crippen LogP contribution in [0.2, 0.25) is 5.02 Å². The summed E-state index contributed by atoms with van der Waals surface area (Å²) < 4.78 is 1.80. The fourth-order valence-corrected chi connectivity index (χ4v) is 3.61. The molecule has 0 aliphatic heterocycles. The number of amides is 1. The second kappa shape index (κ2) is 7.54. The van der Waals surface area contributed by atoms with Gasteiger partial charge in [-0.2, -0.15) is 5.10 Å². The van der Waals surface area contributed by atoms with E-state index in [4.69, 9.17) is 17.3 Å². The zero-order valence-electron chi connectivity index (χ0n) is 14.7. The lowest BCUT2D eigenvalue weighted by molar-refractivity contribution is -0.117. The van der Waals surface area contributed by atoms with Crippen LogP contribution in [0, 0.1) is 6.92 Å². The van der Waals surface area contributed by atoms with E-state index in [1.165, 1.54) is 25.7 Å². The Morgan fingerprint density at radius 3 is 2.80 bits per heavy atom. The maximum Gasteiger partial charge on any atom is 0.225 e. The first kappa shape index (κ1) is 17.9. The predicted molar refractivity (Wildman–Crippen MR) is 97.7 cm³/mol. The molecule has 0 spiro atoms. The van der Waals surface area contributed by atoms with Crippen LogP contribution in [-0.4, -0.2) is 38.7 Å². The Kier molecular flexibility index (Phi) is 5.39. The van der Waals surface area contributed by atoms with Crippen LogP contribution in [0.3, 0.4) is 0 Å². The van der Waals surface area contributed by atoms with E-state index in [0.29, 0.717) is 23.4 Å². The Labute approximate surface area is 153 Å². The van der Waals surface area contributed by atoms with Gasteiger partial charge in [0.1, 0.15) is 5.82 Å². The second-order valence-electron chi connectivity index (χ2n) is 6.74. The third-order valence-electron chi connectivity index (χ3n) is 4.86. The minimum atomic E-state index is -0.435. The number of carbonyl (C=O) groups is 1. The molecule has 2 aromatic rings. The van der Waals surface area contributed by atoms with Gasteiger partial charge in [-0.3, -0.25) is 9.69 Å². The van der Waals surface area contributed by atoms with E-state index in [-0.39, 0.29) is 6.42 Å². The van der Waals surface area contributed by atoms with E-state index in [9.17, 15) is 4.79 Å². The Morgan fingerprint density at radius 1 is 1.40 bits per heavy atom. The molecule has 1 aliphatic rings. The van der Waals surface area contributed by atoms with Crippen molar-refractivity contribution in [3.63, 3.8) is 0 Å². The van der Waals surface area contributed by atoms with Crippen LogP contribution in [-0.2, 0) is 17.8 Å². The molecule has 2 N–H and O–H groups in total. The first-order valence-corrected chi connectivity index (χ1v) is 9.02. The smallest absolute Gasteiger partial charge is 0.225 e. The molecule has 1 amide bonds. The van der Waals surface area contributed by atoms with E-state index in [1.807, 2.05) is 25.1 Å². The summed E-state index contributed by atoms with van der Waals surface area (Å²) in [5, 5.41) is 5.20. The van der Waals surface area contributed by atoms with Crippen molar-refractivity contribution >= 4 is 17.5 Å². The molecule has 3 rings (SSSR count). The molecule has 0 unspecified atom stereocenters. The first-order valence-electron chi connectivity index (χ1n) is 8.64. The monoisotopic (exact) mass is 361 g/mol. The van der Waals surface area contributed by atoms with Gasteiger partial charge >= 0.3 is 0 Å². The van der Waals surface area contributed by atoms with Crippen molar-refractivity contribution in [2.24, 2.45) is 5.73 Å². The van der Waals surface area contributed by atoms with E-state index in [2.05, 4.69) is 22.0 Å². The SMILES string of the molecule is Cc1c(Cl)cccc1-n1nc(CC(N)=O)nc1CN(C)C1CCCC1. The fraction of sp³-hybridized carbons (Fsp3) is 0.500. The van der Waals surface area contributed by atoms with Crippen LogP contribution in [0.25, 0.3) is 5.69 Å². The predicted octanol–water partition coefficient (Wildman–Crippen LogP) is 2.63. The molecule has 6 nitrogen and oxygen atoms in total. The first-order chi connectivity index (χ1) is 12.0. The third kappa shape index (κ3) is 4.02. The van der Waals surface area contributed by atoms with Gasteiger partial charge in [0.25, 0.3) is 0 Å². The highest BCUT2D eigenvalue weighted by atomic mass is 35.5. The number of carbonyl (C=O) groups excluding carboxylic acids is 1. The van der Waals surface area contributed by atoms with E-state index < -0.39 is 5.91 Å². The van der Waals surface area contributed by atoms with Crippen LogP contribution in [0.15, 0.2) is 18.2 Å². The van der Waals surface area contributed by atoms with Crippen molar-refractivity contribution in [1.29, 1.82) is 0 Å². The van der Waals surface area contributed by atoms with Gasteiger partial charge < -0.3 is 5.73 Å². The van der Waals surface area contributed by atoms with Crippen LogP contribution >= 0.6 is 11.6 Å². The summed E-state index contributed by atoms with van der Waals surface area (Å²) >= 11 is 6.27. The summed E-state index contributed by atoms with van der Waals surface area (Å²) in [7, 11) is 2.12. The van der Waals surface area contributed by atoms with E-state index in [0.717, 1.165) is 17.1 Å². The lowest BCUT2D eigenvalue weighted by Gasteiger charge is -2.23. The minimum absolute atomic E-state index is 0.0345. The van der Waals surface area contributed by atoms with Crippen molar-refractivity contribution in [3.05, 3.63) is 40.4 Å². The molecular formula is C18H24ClN5O. The molecule has 1 aromatic carbocycles. The number of nitrogens with two attached hydrogens (primary N) is 1. The quantitative estimate of drug-likeness (QED) is 0.858. The minimum Gasteiger partial charge on any atom is -0.369 e. The van der Waals surface area contributed by atoms with Crippen molar-refractivity contribution in [3.8, 4) is 5.69 Å². The molecule has 25 heavy (non-hydrogen) atoms. The Morgan fingerprint density at radius 2 is 2.12 bits per heavy atom. The molecule has 0 bridgehead atoms. The topological polar surface area (TPSA) is 77.0 Å². The third-order valence-corrected chi connectivity index (χ3v) is 5.27. The molecule has 1 saturated carbocycles. The molecule has 7 heteroatoms. The molecule has 1 heterocycles. The largest absolute Gasteiger partial charge is 0.369 e. The maximum atomic E-state index is 11.3. The van der Waals surface area contributed by atoms with E-state index >= 15 is 0 Å². The molecule has 134 valence electrons. The summed E-state index contributed by atoms with van der Waals surface area (Å²) in [6.45, 7) is 2.62. The Hall–Kier alpha value is -1.92. The number of hydrogen-bond donors (Lipinski definition) is 1. The highest BCUT2D eigenvalue weighted by Gasteiger charge is 2.23. The molecule has 1 fully saturated rings. The van der Waals surface area contributed by atoms with Crippen molar-refractivity contribution < 1.29 is 4.79 Å². The zero-order valence-corrected chi connectivity index (χ0v) is 15.5. The number of aromatic nitrogens is 3. The number of hydrogen-bond acceptors (Lipinski definition) is 4. The van der Waals surface area contributed by atoms with Gasteiger partial charge in [-0.25, -0.2) is 9.67 Å². The van der Waals surface area contributed by atoms with Crippen molar-refractivity contribution in [2.75, 3.05) is 7.05 Å². The molecule has 1 aliphatic carbocycles. The Balaban J connectivity index is 1.95. The van der Waals surface area contributed by atoms with Crippen molar-refractivity contribution in [2.45, 2.75) is 51.6 Å². The number of benzene rings is 1. The van der Waals surface area contributed by atoms with Crippen LogP contribution in [0.4, 0.5) is 0 Å². The summed E-state index contributed by atoms with van der Waals surface area (Å²) in [6, 6.07) is 6.28. The zero-order chi connectivity index (χ0) is 18.0. The van der Waals surface area contributed by atoms with Gasteiger partial charge in [0.2, 0.25) is 5.91 Å². The van der Waals surface area contributed by atoms with Gasteiger partial charge in [0.15, 0.2) is 5.82 Å². The van der Waals surface area contributed by atoms with E-state index in [1.54, 1.807) is 4.68 Å². The fourth-order valence-electron chi connectivity index (χ4n) is 3.44.